The second-order valence-electron chi connectivity index (χ2n) is 15.4. The van der Waals surface area contributed by atoms with Gasteiger partial charge in [0.05, 0.1) is 39.1 Å². The molecule has 0 aliphatic carbocycles. The molecule has 0 aliphatic heterocycles. The number of hydrogen-bond acceptors (Lipinski definition) is 4. The van der Waals surface area contributed by atoms with E-state index in [1.54, 1.807) is 7.11 Å². The van der Waals surface area contributed by atoms with Crippen LogP contribution in [0.4, 0.5) is 5.69 Å². The zero-order valence-corrected chi connectivity index (χ0v) is 33.2. The van der Waals surface area contributed by atoms with Crippen molar-refractivity contribution in [1.29, 1.82) is 0 Å². The molecule has 57 heavy (non-hydrogen) atoms. The molecular formula is C51H47N3O3. The highest BCUT2D eigenvalue weighted by Crippen LogP contribution is 2.49. The molecule has 2 heterocycles. The standard InChI is InChI=1S/C51H47N3O3/c1-32-26-39(41-28-33(2)30-47(50(41)55)53-43-20-10-6-16-35(43)36-17-7-11-21-44(36)53)49(52(4)24-14-15-25-57-5)40(27-32)42-29-34(3)31-48(51(42)56)54-45-22-12-8-18-37(45)38-19-9-13-23-46(38)54/h6-13,16-23,26-31,55-56H,14-15,24-25H2,1-5H3. The number of aromatic nitrogens is 2. The zero-order chi connectivity index (χ0) is 39.4. The molecule has 0 saturated heterocycles. The van der Waals surface area contributed by atoms with Crippen LogP contribution in [0.1, 0.15) is 29.5 Å². The quantitative estimate of drug-likeness (QED) is 0.137. The lowest BCUT2D eigenvalue weighted by Crippen LogP contribution is -2.21. The van der Waals surface area contributed by atoms with Crippen molar-refractivity contribution in [3.63, 3.8) is 0 Å². The molecule has 9 aromatic rings. The molecule has 0 amide bonds. The van der Waals surface area contributed by atoms with E-state index < -0.39 is 0 Å². The number of fused-ring (bicyclic) bond motifs is 6. The first kappa shape index (κ1) is 36.2. The fraction of sp³-hybridized carbons (Fsp3) is 0.176. The Morgan fingerprint density at radius 3 is 1.23 bits per heavy atom. The maximum atomic E-state index is 12.6. The van der Waals surface area contributed by atoms with E-state index in [-0.39, 0.29) is 11.5 Å². The van der Waals surface area contributed by atoms with Gasteiger partial charge in [-0.3, -0.25) is 0 Å². The van der Waals surface area contributed by atoms with E-state index in [0.29, 0.717) is 6.61 Å². The van der Waals surface area contributed by atoms with Crippen LogP contribution in [-0.2, 0) is 4.74 Å². The number of phenolic OH excluding ortho intramolecular Hbond substituents is 2. The van der Waals surface area contributed by atoms with Gasteiger partial charge in [0, 0.05) is 71.1 Å². The maximum Gasteiger partial charge on any atom is 0.147 e. The minimum Gasteiger partial charge on any atom is -0.505 e. The van der Waals surface area contributed by atoms with Crippen molar-refractivity contribution in [2.24, 2.45) is 0 Å². The maximum absolute atomic E-state index is 12.6. The van der Waals surface area contributed by atoms with Gasteiger partial charge in [-0.2, -0.15) is 0 Å². The Kier molecular flexibility index (Phi) is 9.22. The fourth-order valence-electron chi connectivity index (χ4n) is 8.94. The monoisotopic (exact) mass is 749 g/mol. The average Bonchev–Trinajstić information content (AvgIpc) is 3.73. The number of aromatic hydroxyl groups is 2. The van der Waals surface area contributed by atoms with Crippen LogP contribution in [0.3, 0.4) is 0 Å². The van der Waals surface area contributed by atoms with E-state index in [1.165, 1.54) is 0 Å². The normalized spacial score (nSPS) is 11.7. The van der Waals surface area contributed by atoms with E-state index >= 15 is 0 Å². The third-order valence-electron chi connectivity index (χ3n) is 11.4. The van der Waals surface area contributed by atoms with Gasteiger partial charge >= 0.3 is 0 Å². The largest absolute Gasteiger partial charge is 0.505 e. The second-order valence-corrected chi connectivity index (χ2v) is 15.4. The smallest absolute Gasteiger partial charge is 0.147 e. The molecule has 0 bridgehead atoms. The predicted octanol–water partition coefficient (Wildman–Crippen LogP) is 12.4. The highest BCUT2D eigenvalue weighted by Gasteiger charge is 2.26. The SMILES string of the molecule is COCCCCN(C)c1c(-c2cc(C)cc(-n3c4ccccc4c4ccccc43)c2O)cc(C)cc1-c1cc(C)cc(-n2c3ccccc3c3ccccc32)c1O. The number of hydrogen-bond donors (Lipinski definition) is 2. The van der Waals surface area contributed by atoms with Crippen LogP contribution in [0.5, 0.6) is 11.5 Å². The molecule has 0 atom stereocenters. The van der Waals surface area contributed by atoms with Crippen LogP contribution in [0.25, 0.3) is 77.2 Å². The zero-order valence-electron chi connectivity index (χ0n) is 33.2. The molecule has 0 unspecified atom stereocenters. The summed E-state index contributed by atoms with van der Waals surface area (Å²) in [6.07, 6.45) is 1.83. The second kappa shape index (κ2) is 14.5. The molecule has 0 aliphatic rings. The van der Waals surface area contributed by atoms with Gasteiger partial charge in [0.25, 0.3) is 0 Å². The fourth-order valence-corrected chi connectivity index (χ4v) is 8.94. The molecule has 2 aromatic heterocycles. The molecule has 6 heteroatoms. The predicted molar refractivity (Wildman–Crippen MR) is 238 cm³/mol. The molecular weight excluding hydrogens is 703 g/mol. The van der Waals surface area contributed by atoms with Gasteiger partial charge in [-0.25, -0.2) is 0 Å². The Morgan fingerprint density at radius 1 is 0.491 bits per heavy atom. The lowest BCUT2D eigenvalue weighted by Gasteiger charge is -2.28. The van der Waals surface area contributed by atoms with Gasteiger partial charge in [-0.1, -0.05) is 72.8 Å². The minimum absolute atomic E-state index is 0.206. The molecule has 7 aromatic carbocycles. The van der Waals surface area contributed by atoms with Crippen LogP contribution in [0.15, 0.2) is 133 Å². The number of rotatable bonds is 10. The van der Waals surface area contributed by atoms with Gasteiger partial charge in [0.1, 0.15) is 11.5 Å². The van der Waals surface area contributed by atoms with Crippen molar-refractivity contribution in [2.45, 2.75) is 33.6 Å². The van der Waals surface area contributed by atoms with E-state index in [9.17, 15) is 10.2 Å². The summed E-state index contributed by atoms with van der Waals surface area (Å²) in [7, 11) is 3.86. The molecule has 6 nitrogen and oxygen atoms in total. The Bertz CT molecular complexity index is 2690. The summed E-state index contributed by atoms with van der Waals surface area (Å²) >= 11 is 0. The first-order valence-corrected chi connectivity index (χ1v) is 19.7. The van der Waals surface area contributed by atoms with E-state index in [2.05, 4.69) is 175 Å². The number of benzene rings is 7. The number of unbranched alkanes of at least 4 members (excludes halogenated alkanes) is 1. The van der Waals surface area contributed by atoms with Gasteiger partial charge in [0.2, 0.25) is 0 Å². The van der Waals surface area contributed by atoms with Crippen molar-refractivity contribution in [2.75, 3.05) is 32.2 Å². The van der Waals surface area contributed by atoms with Crippen molar-refractivity contribution in [1.82, 2.24) is 9.13 Å². The average molecular weight is 750 g/mol. The molecule has 0 fully saturated rings. The Balaban J connectivity index is 1.31. The molecule has 284 valence electrons. The van der Waals surface area contributed by atoms with Crippen LogP contribution >= 0.6 is 0 Å². The minimum atomic E-state index is 0.206. The summed E-state index contributed by atoms with van der Waals surface area (Å²) in [4.78, 5) is 2.28. The highest BCUT2D eigenvalue weighted by molar-refractivity contribution is 6.11. The third kappa shape index (κ3) is 6.08. The summed E-state index contributed by atoms with van der Waals surface area (Å²) in [5.74, 6) is 0.411. The van der Waals surface area contributed by atoms with Gasteiger partial charge in [0.15, 0.2) is 0 Å². The third-order valence-corrected chi connectivity index (χ3v) is 11.4. The molecule has 0 radical (unpaired) electrons. The Morgan fingerprint density at radius 2 is 0.842 bits per heavy atom. The van der Waals surface area contributed by atoms with Crippen LogP contribution in [-0.4, -0.2) is 46.7 Å². The summed E-state index contributed by atoms with van der Waals surface area (Å²) in [6.45, 7) is 7.72. The first-order valence-electron chi connectivity index (χ1n) is 19.7. The Hall–Kier alpha value is -6.50. The van der Waals surface area contributed by atoms with Crippen LogP contribution < -0.4 is 4.90 Å². The lowest BCUT2D eigenvalue weighted by atomic mass is 9.90. The van der Waals surface area contributed by atoms with Crippen LogP contribution in [0, 0.1) is 20.8 Å². The molecule has 2 N–H and O–H groups in total. The molecule has 0 spiro atoms. The Labute approximate surface area is 333 Å². The topological polar surface area (TPSA) is 62.8 Å². The van der Waals surface area contributed by atoms with Gasteiger partial charge in [-0.15, -0.1) is 0 Å². The lowest BCUT2D eigenvalue weighted by molar-refractivity contribution is 0.193. The number of phenols is 2. The highest BCUT2D eigenvalue weighted by atomic mass is 16.5. The summed E-state index contributed by atoms with van der Waals surface area (Å²) in [5.41, 5.74) is 12.9. The number of ether oxygens (including phenoxy) is 1. The van der Waals surface area contributed by atoms with Crippen molar-refractivity contribution in [3.8, 4) is 45.1 Å². The number of aryl methyl sites for hydroxylation is 3. The van der Waals surface area contributed by atoms with Crippen LogP contribution in [0.2, 0.25) is 0 Å². The van der Waals surface area contributed by atoms with Crippen molar-refractivity contribution in [3.05, 3.63) is 150 Å². The number of para-hydroxylation sites is 4. The van der Waals surface area contributed by atoms with E-state index in [0.717, 1.165) is 119 Å². The van der Waals surface area contributed by atoms with Gasteiger partial charge < -0.3 is 29.0 Å². The number of nitrogens with zero attached hydrogens (tertiary/aromatic N) is 3. The summed E-state index contributed by atoms with van der Waals surface area (Å²) < 4.78 is 9.79. The number of methoxy groups -OCH3 is 1. The number of anilines is 1. The molecule has 0 saturated carbocycles. The van der Waals surface area contributed by atoms with E-state index in [4.69, 9.17) is 4.74 Å². The summed E-state index contributed by atoms with van der Waals surface area (Å²) in [5, 5.41) is 29.8. The first-order chi connectivity index (χ1) is 27.7. The van der Waals surface area contributed by atoms with Gasteiger partial charge in [-0.05, 0) is 111 Å². The molecule has 9 rings (SSSR count). The van der Waals surface area contributed by atoms with E-state index in [1.807, 2.05) is 0 Å². The summed E-state index contributed by atoms with van der Waals surface area (Å²) in [6, 6.07) is 46.2. The van der Waals surface area contributed by atoms with Crippen molar-refractivity contribution < 1.29 is 14.9 Å². The van der Waals surface area contributed by atoms with Crippen molar-refractivity contribution >= 4 is 49.3 Å².